The lowest BCUT2D eigenvalue weighted by molar-refractivity contribution is 0.337. The highest BCUT2D eigenvalue weighted by Gasteiger charge is 2.36. The SMILES string of the molecule is CCOS(=O)(=O)C1CC1. The lowest BCUT2D eigenvalue weighted by Gasteiger charge is -1.97. The van der Waals surface area contributed by atoms with Crippen LogP contribution in [0.4, 0.5) is 0 Å². The van der Waals surface area contributed by atoms with Gasteiger partial charge < -0.3 is 0 Å². The molecule has 0 aromatic carbocycles. The van der Waals surface area contributed by atoms with Crippen LogP contribution in [0, 0.1) is 0 Å². The van der Waals surface area contributed by atoms with E-state index in [4.69, 9.17) is 0 Å². The topological polar surface area (TPSA) is 43.4 Å². The quantitative estimate of drug-likeness (QED) is 0.551. The Morgan fingerprint density at radius 2 is 2.11 bits per heavy atom. The van der Waals surface area contributed by atoms with Crippen molar-refractivity contribution in [3.8, 4) is 0 Å². The highest BCUT2D eigenvalue weighted by molar-refractivity contribution is 7.87. The van der Waals surface area contributed by atoms with Crippen LogP contribution < -0.4 is 0 Å². The van der Waals surface area contributed by atoms with Gasteiger partial charge in [0.05, 0.1) is 11.9 Å². The van der Waals surface area contributed by atoms with Crippen LogP contribution in [0.15, 0.2) is 0 Å². The summed E-state index contributed by atoms with van der Waals surface area (Å²) in [7, 11) is -3.14. The van der Waals surface area contributed by atoms with E-state index in [0.29, 0.717) is 0 Å². The van der Waals surface area contributed by atoms with Crippen molar-refractivity contribution in [2.75, 3.05) is 6.61 Å². The van der Waals surface area contributed by atoms with Crippen molar-refractivity contribution < 1.29 is 12.6 Å². The van der Waals surface area contributed by atoms with Gasteiger partial charge in [0.25, 0.3) is 10.1 Å². The van der Waals surface area contributed by atoms with E-state index in [-0.39, 0.29) is 11.9 Å². The standard InChI is InChI=1S/C5H10O3S/c1-2-8-9(6,7)5-3-4-5/h5H,2-4H2,1H3. The van der Waals surface area contributed by atoms with E-state index in [9.17, 15) is 8.42 Å². The van der Waals surface area contributed by atoms with Gasteiger partial charge in [-0.3, -0.25) is 4.18 Å². The van der Waals surface area contributed by atoms with Crippen LogP contribution in [0.5, 0.6) is 0 Å². The zero-order valence-electron chi connectivity index (χ0n) is 5.33. The fraction of sp³-hybridized carbons (Fsp3) is 1.00. The van der Waals surface area contributed by atoms with E-state index in [1.807, 2.05) is 0 Å². The molecule has 1 aliphatic rings. The maximum Gasteiger partial charge on any atom is 0.270 e. The van der Waals surface area contributed by atoms with Gasteiger partial charge in [0.2, 0.25) is 0 Å². The summed E-state index contributed by atoms with van der Waals surface area (Å²) in [6.45, 7) is 1.94. The van der Waals surface area contributed by atoms with E-state index < -0.39 is 10.1 Å². The van der Waals surface area contributed by atoms with Crippen molar-refractivity contribution in [1.29, 1.82) is 0 Å². The summed E-state index contributed by atoms with van der Waals surface area (Å²) in [5.41, 5.74) is 0. The second kappa shape index (κ2) is 2.27. The normalized spacial score (nSPS) is 20.1. The van der Waals surface area contributed by atoms with Gasteiger partial charge in [-0.2, -0.15) is 8.42 Å². The molecule has 0 atom stereocenters. The minimum Gasteiger partial charge on any atom is -0.270 e. The first kappa shape index (κ1) is 7.02. The molecule has 9 heavy (non-hydrogen) atoms. The zero-order valence-corrected chi connectivity index (χ0v) is 6.15. The second-order valence-electron chi connectivity index (χ2n) is 2.10. The Hall–Kier alpha value is -0.0900. The third kappa shape index (κ3) is 1.66. The minimum absolute atomic E-state index is 0.183. The second-order valence-corrected chi connectivity index (χ2v) is 3.99. The van der Waals surface area contributed by atoms with Gasteiger partial charge in [0, 0.05) is 0 Å². The van der Waals surface area contributed by atoms with Gasteiger partial charge in [0.15, 0.2) is 0 Å². The molecule has 1 fully saturated rings. The summed E-state index contributed by atoms with van der Waals surface area (Å²) in [5.74, 6) is 0. The van der Waals surface area contributed by atoms with Crippen molar-refractivity contribution >= 4 is 10.1 Å². The van der Waals surface area contributed by atoms with Crippen LogP contribution in [-0.4, -0.2) is 20.3 Å². The molecule has 0 N–H and O–H groups in total. The fourth-order valence-corrected chi connectivity index (χ4v) is 1.85. The molecule has 0 aliphatic heterocycles. The Morgan fingerprint density at radius 1 is 1.56 bits per heavy atom. The smallest absolute Gasteiger partial charge is 0.270 e. The molecular weight excluding hydrogens is 140 g/mol. The highest BCUT2D eigenvalue weighted by Crippen LogP contribution is 2.29. The van der Waals surface area contributed by atoms with Crippen molar-refractivity contribution in [3.63, 3.8) is 0 Å². The van der Waals surface area contributed by atoms with E-state index >= 15 is 0 Å². The zero-order chi connectivity index (χ0) is 6.91. The van der Waals surface area contributed by atoms with Crippen molar-refractivity contribution in [1.82, 2.24) is 0 Å². The fourth-order valence-electron chi connectivity index (χ4n) is 0.617. The van der Waals surface area contributed by atoms with Crippen LogP contribution >= 0.6 is 0 Å². The molecule has 3 nitrogen and oxygen atoms in total. The molecule has 4 heteroatoms. The number of rotatable bonds is 3. The van der Waals surface area contributed by atoms with Gasteiger partial charge in [-0.25, -0.2) is 0 Å². The van der Waals surface area contributed by atoms with Crippen LogP contribution in [-0.2, 0) is 14.3 Å². The lowest BCUT2D eigenvalue weighted by Crippen LogP contribution is -2.10. The molecule has 1 aliphatic carbocycles. The number of hydrogen-bond donors (Lipinski definition) is 0. The van der Waals surface area contributed by atoms with Gasteiger partial charge in [-0.05, 0) is 19.8 Å². The third-order valence-corrected chi connectivity index (χ3v) is 3.07. The first-order valence-corrected chi connectivity index (χ1v) is 4.52. The van der Waals surface area contributed by atoms with Crippen molar-refractivity contribution in [3.05, 3.63) is 0 Å². The largest absolute Gasteiger partial charge is 0.270 e. The Kier molecular flexibility index (Phi) is 1.77. The Morgan fingerprint density at radius 3 is 2.44 bits per heavy atom. The predicted octanol–water partition coefficient (Wildman–Crippen LogP) is 0.515. The lowest BCUT2D eigenvalue weighted by atomic mass is 10.9. The average Bonchev–Trinajstić information content (AvgIpc) is 2.41. The summed E-state index contributed by atoms with van der Waals surface area (Å²) in [6.07, 6.45) is 1.56. The van der Waals surface area contributed by atoms with E-state index in [1.54, 1.807) is 6.92 Å². The first-order valence-electron chi connectivity index (χ1n) is 3.05. The average molecular weight is 150 g/mol. The summed E-state index contributed by atoms with van der Waals surface area (Å²) < 4.78 is 26.1. The van der Waals surface area contributed by atoms with Gasteiger partial charge in [-0.15, -0.1) is 0 Å². The Balaban J connectivity index is 2.51. The van der Waals surface area contributed by atoms with Crippen LogP contribution in [0.3, 0.4) is 0 Å². The summed E-state index contributed by atoms with van der Waals surface area (Å²) in [4.78, 5) is 0. The minimum atomic E-state index is -3.14. The molecule has 1 rings (SSSR count). The van der Waals surface area contributed by atoms with E-state index in [1.165, 1.54) is 0 Å². The predicted molar refractivity (Wildman–Crippen MR) is 33.6 cm³/mol. The van der Waals surface area contributed by atoms with Crippen LogP contribution in [0.25, 0.3) is 0 Å². The van der Waals surface area contributed by atoms with Gasteiger partial charge in [0.1, 0.15) is 0 Å². The monoisotopic (exact) mass is 150 g/mol. The molecule has 54 valence electrons. The van der Waals surface area contributed by atoms with Crippen molar-refractivity contribution in [2.24, 2.45) is 0 Å². The Labute approximate surface area is 55.1 Å². The van der Waals surface area contributed by atoms with Crippen molar-refractivity contribution in [2.45, 2.75) is 25.0 Å². The number of hydrogen-bond acceptors (Lipinski definition) is 3. The molecule has 0 aromatic rings. The van der Waals surface area contributed by atoms with Gasteiger partial charge >= 0.3 is 0 Å². The molecule has 0 heterocycles. The summed E-state index contributed by atoms with van der Waals surface area (Å²) in [5, 5.41) is -0.183. The van der Waals surface area contributed by atoms with E-state index in [0.717, 1.165) is 12.8 Å². The first-order chi connectivity index (χ1) is 4.17. The van der Waals surface area contributed by atoms with Crippen LogP contribution in [0.1, 0.15) is 19.8 Å². The molecule has 0 saturated heterocycles. The molecule has 0 amide bonds. The summed E-state index contributed by atoms with van der Waals surface area (Å²) in [6, 6.07) is 0. The maximum atomic E-state index is 10.8. The molecule has 0 unspecified atom stereocenters. The molecule has 0 bridgehead atoms. The van der Waals surface area contributed by atoms with E-state index in [2.05, 4.69) is 4.18 Å². The van der Waals surface area contributed by atoms with Gasteiger partial charge in [-0.1, -0.05) is 0 Å². The molecule has 0 spiro atoms. The molecule has 0 radical (unpaired) electrons. The Bertz CT molecular complexity index is 178. The highest BCUT2D eigenvalue weighted by atomic mass is 32.2. The third-order valence-electron chi connectivity index (χ3n) is 1.21. The molecule has 1 saturated carbocycles. The summed E-state index contributed by atoms with van der Waals surface area (Å²) >= 11 is 0. The van der Waals surface area contributed by atoms with Crippen LogP contribution in [0.2, 0.25) is 0 Å². The maximum absolute atomic E-state index is 10.8. The molecular formula is C5H10O3S. The molecule has 0 aromatic heterocycles.